The van der Waals surface area contributed by atoms with E-state index in [1.54, 1.807) is 16.8 Å². The van der Waals surface area contributed by atoms with Crippen LogP contribution in [0.25, 0.3) is 0 Å². The van der Waals surface area contributed by atoms with Crippen molar-refractivity contribution in [3.8, 4) is 0 Å². The molecule has 1 aliphatic heterocycles. The summed E-state index contributed by atoms with van der Waals surface area (Å²) in [6.45, 7) is 6.60. The summed E-state index contributed by atoms with van der Waals surface area (Å²) >= 11 is 11.7. The molecule has 0 N–H and O–H groups in total. The normalized spacial score (nSPS) is 15.0. The smallest absolute Gasteiger partial charge is 0.226 e. The first-order valence-corrected chi connectivity index (χ1v) is 9.41. The molecule has 3 rings (SSSR count). The monoisotopic (exact) mass is 399 g/mol. The molecule has 1 fully saturated rings. The van der Waals surface area contributed by atoms with Crippen LogP contribution in [0.1, 0.15) is 12.5 Å². The van der Waals surface area contributed by atoms with Crippen molar-refractivity contribution in [2.45, 2.75) is 26.7 Å². The summed E-state index contributed by atoms with van der Waals surface area (Å²) in [5, 5.41) is 5.13. The summed E-state index contributed by atoms with van der Waals surface area (Å²) in [6.07, 6.45) is 0. The van der Waals surface area contributed by atoms with Crippen LogP contribution in [0.4, 0.5) is 10.3 Å². The van der Waals surface area contributed by atoms with Crippen LogP contribution in [-0.4, -0.2) is 52.6 Å². The fraction of sp³-hybridized carbons (Fsp3) is 0.529. The largest absolute Gasteiger partial charge is 0.378 e. The van der Waals surface area contributed by atoms with Gasteiger partial charge in [0.25, 0.3) is 0 Å². The second-order valence-electron chi connectivity index (χ2n) is 6.28. The third-order valence-corrected chi connectivity index (χ3v) is 5.16. The van der Waals surface area contributed by atoms with Gasteiger partial charge in [-0.3, -0.25) is 9.47 Å². The number of ether oxygens (including phenoxy) is 1. The van der Waals surface area contributed by atoms with E-state index in [9.17, 15) is 4.39 Å². The molecule has 0 saturated carbocycles. The Balaban J connectivity index is 1.79. The molecule has 9 heteroatoms. The molecule has 6 nitrogen and oxygen atoms in total. The molecule has 1 saturated heterocycles. The van der Waals surface area contributed by atoms with Gasteiger partial charge < -0.3 is 9.64 Å². The molecular weight excluding hydrogens is 377 g/mol. The number of benzene rings is 1. The standard InChI is InChI=1S/C17H23ClFN5OS/c1-3-23-16(22-7-9-25-10-8-22)20-24(17(23)26)12-21(2)11-13-14(18)5-4-6-15(13)19/h4-6H,3,7-12H2,1-2H3. The van der Waals surface area contributed by atoms with E-state index >= 15 is 0 Å². The van der Waals surface area contributed by atoms with Crippen LogP contribution in [0.2, 0.25) is 5.02 Å². The maximum absolute atomic E-state index is 14.0. The van der Waals surface area contributed by atoms with Crippen LogP contribution < -0.4 is 4.90 Å². The Morgan fingerprint density at radius 1 is 1.35 bits per heavy atom. The van der Waals surface area contributed by atoms with Gasteiger partial charge in [0.1, 0.15) is 5.82 Å². The van der Waals surface area contributed by atoms with Crippen LogP contribution in [0.5, 0.6) is 0 Å². The third kappa shape index (κ3) is 4.09. The van der Waals surface area contributed by atoms with E-state index in [2.05, 4.69) is 11.8 Å². The Morgan fingerprint density at radius 2 is 2.08 bits per heavy atom. The van der Waals surface area contributed by atoms with Crippen molar-refractivity contribution in [1.82, 2.24) is 19.2 Å². The highest BCUT2D eigenvalue weighted by Crippen LogP contribution is 2.21. The molecular formula is C17H23ClFN5OS. The quantitative estimate of drug-likeness (QED) is 0.698. The van der Waals surface area contributed by atoms with E-state index < -0.39 is 0 Å². The summed E-state index contributed by atoms with van der Waals surface area (Å²) in [5.41, 5.74) is 0.478. The minimum absolute atomic E-state index is 0.305. The lowest BCUT2D eigenvalue weighted by Gasteiger charge is -2.27. The number of nitrogens with zero attached hydrogens (tertiary/aromatic N) is 5. The topological polar surface area (TPSA) is 38.5 Å². The van der Waals surface area contributed by atoms with E-state index in [0.29, 0.717) is 41.8 Å². The van der Waals surface area contributed by atoms with Crippen molar-refractivity contribution in [3.05, 3.63) is 39.4 Å². The number of rotatable bonds is 6. The van der Waals surface area contributed by atoms with Crippen LogP contribution in [0, 0.1) is 10.6 Å². The van der Waals surface area contributed by atoms with Crippen molar-refractivity contribution in [2.24, 2.45) is 0 Å². The van der Waals surface area contributed by atoms with Gasteiger partial charge in [0.2, 0.25) is 10.7 Å². The highest BCUT2D eigenvalue weighted by atomic mass is 35.5. The van der Waals surface area contributed by atoms with Gasteiger partial charge in [0.15, 0.2) is 0 Å². The lowest BCUT2D eigenvalue weighted by Crippen LogP contribution is -2.38. The van der Waals surface area contributed by atoms with Gasteiger partial charge in [0.05, 0.1) is 19.9 Å². The Kier molecular flexibility index (Phi) is 6.29. The maximum Gasteiger partial charge on any atom is 0.226 e. The minimum Gasteiger partial charge on any atom is -0.378 e. The number of aromatic nitrogens is 3. The average Bonchev–Trinajstić information content (AvgIpc) is 2.95. The van der Waals surface area contributed by atoms with E-state index in [-0.39, 0.29) is 5.82 Å². The Bertz CT molecular complexity index is 798. The fourth-order valence-corrected chi connectivity index (χ4v) is 3.56. The molecule has 1 aromatic heterocycles. The molecule has 0 bridgehead atoms. The predicted molar refractivity (Wildman–Crippen MR) is 103 cm³/mol. The summed E-state index contributed by atoms with van der Waals surface area (Å²) in [4.78, 5) is 4.13. The highest BCUT2D eigenvalue weighted by Gasteiger charge is 2.20. The Morgan fingerprint density at radius 3 is 2.73 bits per heavy atom. The van der Waals surface area contributed by atoms with E-state index in [0.717, 1.165) is 25.6 Å². The van der Waals surface area contributed by atoms with Crippen LogP contribution in [0.3, 0.4) is 0 Å². The summed E-state index contributed by atoms with van der Waals surface area (Å²) in [6, 6.07) is 4.72. The van der Waals surface area contributed by atoms with Crippen molar-refractivity contribution in [3.63, 3.8) is 0 Å². The molecule has 0 atom stereocenters. The van der Waals surface area contributed by atoms with Crippen LogP contribution >= 0.6 is 23.8 Å². The highest BCUT2D eigenvalue weighted by molar-refractivity contribution is 7.71. The molecule has 142 valence electrons. The first-order valence-electron chi connectivity index (χ1n) is 8.63. The average molecular weight is 400 g/mol. The number of hydrogen-bond donors (Lipinski definition) is 0. The zero-order valence-electron chi connectivity index (χ0n) is 15.0. The van der Waals surface area contributed by atoms with Crippen molar-refractivity contribution in [1.29, 1.82) is 0 Å². The lowest BCUT2D eigenvalue weighted by atomic mass is 10.2. The number of morpholine rings is 1. The fourth-order valence-electron chi connectivity index (χ4n) is 3.03. The number of hydrogen-bond acceptors (Lipinski definition) is 5. The second kappa shape index (κ2) is 8.47. The third-order valence-electron chi connectivity index (χ3n) is 4.38. The summed E-state index contributed by atoms with van der Waals surface area (Å²) < 4.78 is 23.9. The molecule has 26 heavy (non-hydrogen) atoms. The molecule has 0 spiro atoms. The number of halogens is 2. The Labute approximate surface area is 162 Å². The molecule has 0 radical (unpaired) electrons. The van der Waals surface area contributed by atoms with Gasteiger partial charge >= 0.3 is 0 Å². The molecule has 0 aliphatic carbocycles. The summed E-state index contributed by atoms with van der Waals surface area (Å²) in [7, 11) is 1.89. The zero-order valence-corrected chi connectivity index (χ0v) is 16.6. The van der Waals surface area contributed by atoms with Crippen LogP contribution in [0.15, 0.2) is 18.2 Å². The first-order chi connectivity index (χ1) is 12.5. The van der Waals surface area contributed by atoms with E-state index in [1.807, 2.05) is 16.5 Å². The SMILES string of the molecule is CCn1c(N2CCOCC2)nn(CN(C)Cc2c(F)cccc2Cl)c1=S. The number of anilines is 1. The van der Waals surface area contributed by atoms with Crippen molar-refractivity contribution in [2.75, 3.05) is 38.3 Å². The molecule has 1 aromatic carbocycles. The molecule has 1 aliphatic rings. The summed E-state index contributed by atoms with van der Waals surface area (Å²) in [5.74, 6) is 0.555. The molecule has 2 aromatic rings. The van der Waals surface area contributed by atoms with Crippen molar-refractivity contribution < 1.29 is 9.13 Å². The van der Waals surface area contributed by atoms with E-state index in [4.69, 9.17) is 33.7 Å². The Hall–Kier alpha value is -1.48. The van der Waals surface area contributed by atoms with Gasteiger partial charge in [-0.2, -0.15) is 0 Å². The molecule has 0 amide bonds. The first kappa shape index (κ1) is 19.3. The zero-order chi connectivity index (χ0) is 18.7. The van der Waals surface area contributed by atoms with Gasteiger partial charge in [-0.05, 0) is 38.3 Å². The maximum atomic E-state index is 14.0. The lowest BCUT2D eigenvalue weighted by molar-refractivity contribution is 0.121. The van der Waals surface area contributed by atoms with Gasteiger partial charge in [-0.25, -0.2) is 9.07 Å². The molecule has 0 unspecified atom stereocenters. The minimum atomic E-state index is -0.305. The second-order valence-corrected chi connectivity index (χ2v) is 7.05. The van der Waals surface area contributed by atoms with Gasteiger partial charge in [-0.15, -0.1) is 5.10 Å². The molecule has 2 heterocycles. The van der Waals surface area contributed by atoms with Gasteiger partial charge in [0, 0.05) is 36.8 Å². The van der Waals surface area contributed by atoms with E-state index in [1.165, 1.54) is 6.07 Å². The van der Waals surface area contributed by atoms with Gasteiger partial charge in [-0.1, -0.05) is 17.7 Å². The predicted octanol–water partition coefficient (Wildman–Crippen LogP) is 3.15. The van der Waals surface area contributed by atoms with Crippen LogP contribution in [-0.2, 0) is 24.5 Å². The van der Waals surface area contributed by atoms with Crippen molar-refractivity contribution >= 4 is 29.8 Å².